The number of carbonyl (C=O) groups is 1. The Morgan fingerprint density at radius 3 is 2.62 bits per heavy atom. The quantitative estimate of drug-likeness (QED) is 0.426. The average molecular weight is 546 g/mol. The maximum absolute atomic E-state index is 14.2. The molecule has 37 heavy (non-hydrogen) atoms. The van der Waals surface area contributed by atoms with Crippen molar-refractivity contribution in [2.75, 3.05) is 6.54 Å². The number of hydrogen-bond donors (Lipinski definition) is 0. The van der Waals surface area contributed by atoms with Gasteiger partial charge in [-0.25, -0.2) is 22.2 Å². The van der Waals surface area contributed by atoms with Crippen LogP contribution in [0, 0.1) is 18.8 Å². The number of piperidine rings is 1. The highest BCUT2D eigenvalue weighted by molar-refractivity contribution is 7.89. The molecular weight excluding hydrogens is 516 g/mol. The predicted molar refractivity (Wildman–Crippen MR) is 138 cm³/mol. The summed E-state index contributed by atoms with van der Waals surface area (Å²) < 4.78 is 57.7. The molecule has 3 atom stereocenters. The number of rotatable bonds is 6. The fourth-order valence-corrected chi connectivity index (χ4v) is 8.26. The third kappa shape index (κ3) is 4.68. The van der Waals surface area contributed by atoms with Gasteiger partial charge in [0.1, 0.15) is 6.04 Å². The van der Waals surface area contributed by atoms with E-state index in [1.807, 2.05) is 25.1 Å². The summed E-state index contributed by atoms with van der Waals surface area (Å²) in [5, 5.41) is 0. The van der Waals surface area contributed by atoms with Crippen molar-refractivity contribution in [1.82, 2.24) is 14.2 Å². The fraction of sp³-hybridized carbons (Fsp3) is 0.481. The zero-order valence-corrected chi connectivity index (χ0v) is 22.1. The maximum atomic E-state index is 14.2. The largest absolute Gasteiger partial charge is 0.334 e. The van der Waals surface area contributed by atoms with E-state index in [0.717, 1.165) is 27.8 Å². The minimum absolute atomic E-state index is 0.0266. The Labute approximate surface area is 219 Å². The summed E-state index contributed by atoms with van der Waals surface area (Å²) in [6.07, 6.45) is 0.674. The van der Waals surface area contributed by atoms with Crippen molar-refractivity contribution in [3.05, 3.63) is 59.1 Å². The normalized spacial score (nSPS) is 25.8. The van der Waals surface area contributed by atoms with Crippen molar-refractivity contribution < 1.29 is 22.0 Å². The molecule has 2 heterocycles. The van der Waals surface area contributed by atoms with Gasteiger partial charge in [0.2, 0.25) is 21.9 Å². The van der Waals surface area contributed by atoms with Crippen molar-refractivity contribution in [1.29, 1.82) is 0 Å². The van der Waals surface area contributed by atoms with E-state index in [1.54, 1.807) is 34.7 Å². The number of hydrogen-bond acceptors (Lipinski definition) is 5. The number of fused-ring (bicyclic) bond motifs is 2. The summed E-state index contributed by atoms with van der Waals surface area (Å²) in [4.78, 5) is 20.5. The number of carbonyl (C=O) groups excluding carboxylic acids is 1. The lowest BCUT2D eigenvalue weighted by Crippen LogP contribution is -2.53. The second kappa shape index (κ2) is 9.10. The molecule has 0 spiro atoms. The van der Waals surface area contributed by atoms with Gasteiger partial charge in [0, 0.05) is 32.0 Å². The summed E-state index contributed by atoms with van der Waals surface area (Å²) in [5.74, 6) is -2.85. The molecule has 0 radical (unpaired) electrons. The van der Waals surface area contributed by atoms with E-state index in [1.165, 1.54) is 15.6 Å². The molecule has 1 amide bonds. The second-order valence-corrected chi connectivity index (χ2v) is 13.5. The van der Waals surface area contributed by atoms with Crippen molar-refractivity contribution in [3.8, 4) is 0 Å². The van der Waals surface area contributed by atoms with Crippen LogP contribution in [0.5, 0.6) is 0 Å². The molecule has 0 bridgehead atoms. The fourth-order valence-electron chi connectivity index (χ4n) is 5.92. The SMILES string of the molecule is Cc1ccc(S(=O)(=O)N2C[C@H]3C[C@H]3[C@H]2C(=O)N(Cc2ccc3scnc3c2)C2CCC(F)(F)CC2)cc1. The Kier molecular flexibility index (Phi) is 6.12. The number of amides is 1. The van der Waals surface area contributed by atoms with Gasteiger partial charge in [0.25, 0.3) is 0 Å². The van der Waals surface area contributed by atoms with Gasteiger partial charge in [-0.15, -0.1) is 11.3 Å². The zero-order valence-electron chi connectivity index (χ0n) is 20.5. The van der Waals surface area contributed by atoms with Crippen LogP contribution in [-0.2, 0) is 21.4 Å². The lowest BCUT2D eigenvalue weighted by Gasteiger charge is -2.39. The van der Waals surface area contributed by atoms with Crippen LogP contribution in [0.3, 0.4) is 0 Å². The van der Waals surface area contributed by atoms with Crippen molar-refractivity contribution >= 4 is 37.5 Å². The van der Waals surface area contributed by atoms with Gasteiger partial charge < -0.3 is 4.90 Å². The first-order valence-corrected chi connectivity index (χ1v) is 15.0. The Morgan fingerprint density at radius 1 is 1.16 bits per heavy atom. The van der Waals surface area contributed by atoms with Gasteiger partial charge in [-0.2, -0.15) is 4.31 Å². The number of halogens is 2. The third-order valence-electron chi connectivity index (χ3n) is 8.15. The van der Waals surface area contributed by atoms with Crippen LogP contribution in [0.25, 0.3) is 10.2 Å². The van der Waals surface area contributed by atoms with E-state index in [-0.39, 0.29) is 60.9 Å². The highest BCUT2D eigenvalue weighted by Gasteiger charge is 2.60. The summed E-state index contributed by atoms with van der Waals surface area (Å²) >= 11 is 1.53. The highest BCUT2D eigenvalue weighted by Crippen LogP contribution is 2.52. The molecule has 10 heteroatoms. The standard InChI is InChI=1S/C27H29F2N3O3S2/c1-17-2-5-21(6-3-17)37(34,35)32-15-19-13-22(19)25(32)26(33)31(20-8-10-27(28,29)11-9-20)14-18-4-7-24-23(12-18)30-16-36-24/h2-7,12,16,19-20,22,25H,8-11,13-15H2,1H3/t19-,22-,25+/m1/s1. The highest BCUT2D eigenvalue weighted by atomic mass is 32.2. The first-order chi connectivity index (χ1) is 17.6. The molecule has 6 rings (SSSR count). The van der Waals surface area contributed by atoms with Gasteiger partial charge in [-0.05, 0) is 67.9 Å². The molecule has 3 aliphatic rings. The Morgan fingerprint density at radius 2 is 1.89 bits per heavy atom. The van der Waals surface area contributed by atoms with Gasteiger partial charge in [0.15, 0.2) is 0 Å². The van der Waals surface area contributed by atoms with Crippen molar-refractivity contribution in [3.63, 3.8) is 0 Å². The van der Waals surface area contributed by atoms with E-state index in [4.69, 9.17) is 0 Å². The van der Waals surface area contributed by atoms with E-state index in [2.05, 4.69) is 4.98 Å². The molecule has 2 saturated carbocycles. The molecule has 2 aromatic carbocycles. The lowest BCUT2D eigenvalue weighted by atomic mass is 9.90. The molecule has 3 aromatic rings. The van der Waals surface area contributed by atoms with Gasteiger partial charge in [-0.3, -0.25) is 4.79 Å². The van der Waals surface area contributed by atoms with Gasteiger partial charge >= 0.3 is 0 Å². The maximum Gasteiger partial charge on any atom is 0.248 e. The number of alkyl halides is 2. The van der Waals surface area contributed by atoms with Crippen LogP contribution in [0.15, 0.2) is 52.9 Å². The molecule has 1 aliphatic heterocycles. The summed E-state index contributed by atoms with van der Waals surface area (Å²) in [7, 11) is -3.87. The smallest absolute Gasteiger partial charge is 0.248 e. The molecule has 3 fully saturated rings. The van der Waals surface area contributed by atoms with E-state index in [9.17, 15) is 22.0 Å². The van der Waals surface area contributed by atoms with Gasteiger partial charge in [0.05, 0.1) is 20.6 Å². The molecule has 2 aliphatic carbocycles. The lowest BCUT2D eigenvalue weighted by molar-refractivity contribution is -0.141. The molecule has 1 saturated heterocycles. The minimum Gasteiger partial charge on any atom is -0.334 e. The zero-order chi connectivity index (χ0) is 25.9. The van der Waals surface area contributed by atoms with Crippen LogP contribution in [0.2, 0.25) is 0 Å². The summed E-state index contributed by atoms with van der Waals surface area (Å²) in [6.45, 7) is 2.45. The van der Waals surface area contributed by atoms with Crippen LogP contribution >= 0.6 is 11.3 Å². The first kappa shape index (κ1) is 24.9. The molecule has 6 nitrogen and oxygen atoms in total. The Balaban J connectivity index is 1.32. The molecule has 1 aromatic heterocycles. The van der Waals surface area contributed by atoms with Crippen LogP contribution < -0.4 is 0 Å². The Bertz CT molecular complexity index is 1430. The third-order valence-corrected chi connectivity index (χ3v) is 10.8. The monoisotopic (exact) mass is 545 g/mol. The number of thiazole rings is 1. The number of sulfonamides is 1. The van der Waals surface area contributed by atoms with Crippen LogP contribution in [-0.4, -0.2) is 53.1 Å². The second-order valence-electron chi connectivity index (χ2n) is 10.7. The molecular formula is C27H29F2N3O3S2. The van der Waals surface area contributed by atoms with E-state index < -0.39 is 22.0 Å². The van der Waals surface area contributed by atoms with E-state index in [0.29, 0.717) is 6.54 Å². The van der Waals surface area contributed by atoms with Gasteiger partial charge in [-0.1, -0.05) is 23.8 Å². The minimum atomic E-state index is -3.87. The summed E-state index contributed by atoms with van der Waals surface area (Å²) in [6, 6.07) is 11.3. The molecule has 0 unspecified atom stereocenters. The van der Waals surface area contributed by atoms with Crippen molar-refractivity contribution in [2.24, 2.45) is 11.8 Å². The van der Waals surface area contributed by atoms with E-state index >= 15 is 0 Å². The number of aryl methyl sites for hydroxylation is 1. The summed E-state index contributed by atoms with van der Waals surface area (Å²) in [5.41, 5.74) is 4.41. The topological polar surface area (TPSA) is 70.6 Å². The number of aromatic nitrogens is 1. The van der Waals surface area contributed by atoms with Crippen LogP contribution in [0.4, 0.5) is 8.78 Å². The number of benzene rings is 2. The van der Waals surface area contributed by atoms with Crippen LogP contribution in [0.1, 0.15) is 43.2 Å². The molecule has 196 valence electrons. The first-order valence-electron chi connectivity index (χ1n) is 12.7. The van der Waals surface area contributed by atoms with Crippen molar-refractivity contribution in [2.45, 2.75) is 68.5 Å². The predicted octanol–water partition coefficient (Wildman–Crippen LogP) is 5.22. The Hall–Kier alpha value is -2.43. The molecule has 0 N–H and O–H groups in total. The average Bonchev–Trinajstić information content (AvgIpc) is 3.29. The number of nitrogens with zero attached hydrogens (tertiary/aromatic N) is 3.